The maximum absolute atomic E-state index is 12.8. The quantitative estimate of drug-likeness (QED) is 0.451. The Bertz CT molecular complexity index is 667. The van der Waals surface area contributed by atoms with E-state index in [1.165, 1.54) is 12.1 Å². The van der Waals surface area contributed by atoms with Gasteiger partial charge < -0.3 is 10.1 Å². The molecule has 1 aliphatic rings. The number of rotatable bonds is 6. The highest BCUT2D eigenvalue weighted by molar-refractivity contribution is 5.90. The van der Waals surface area contributed by atoms with E-state index in [0.29, 0.717) is 11.3 Å². The fraction of sp³-hybridized carbons (Fsp3) is 0.562. The fourth-order valence-electron chi connectivity index (χ4n) is 2.85. The second kappa shape index (κ2) is 8.35. The summed E-state index contributed by atoms with van der Waals surface area (Å²) < 4.78 is 43.6. The molecule has 2 unspecified atom stereocenters. The van der Waals surface area contributed by atoms with Crippen LogP contribution in [0.5, 0.6) is 0 Å². The molecule has 0 aromatic heterocycles. The molecular formula is C16H20F3N3O4. The Morgan fingerprint density at radius 3 is 2.81 bits per heavy atom. The third kappa shape index (κ3) is 5.32. The van der Waals surface area contributed by atoms with Crippen molar-refractivity contribution in [2.24, 2.45) is 5.92 Å². The first kappa shape index (κ1) is 20.0. The lowest BCUT2D eigenvalue weighted by Crippen LogP contribution is -2.45. The molecule has 1 heterocycles. The zero-order valence-corrected chi connectivity index (χ0v) is 14.1. The van der Waals surface area contributed by atoms with Crippen LogP contribution in [0.2, 0.25) is 0 Å². The predicted octanol–water partition coefficient (Wildman–Crippen LogP) is 2.59. The minimum Gasteiger partial charge on any atom is -0.443 e. The lowest BCUT2D eigenvalue weighted by molar-refractivity contribution is -0.479. The predicted molar refractivity (Wildman–Crippen MR) is 87.5 cm³/mol. The van der Waals surface area contributed by atoms with Crippen molar-refractivity contribution in [2.45, 2.75) is 31.7 Å². The number of alkyl halides is 3. The first-order chi connectivity index (χ1) is 12.2. The number of benzene rings is 1. The summed E-state index contributed by atoms with van der Waals surface area (Å²) in [4.78, 5) is 22.4. The lowest BCUT2D eigenvalue weighted by Gasteiger charge is -2.31. The monoisotopic (exact) mass is 375 g/mol. The van der Waals surface area contributed by atoms with E-state index in [9.17, 15) is 28.1 Å². The largest absolute Gasteiger partial charge is 0.443 e. The van der Waals surface area contributed by atoms with Gasteiger partial charge in [-0.25, -0.2) is 4.79 Å². The van der Waals surface area contributed by atoms with Crippen LogP contribution in [-0.4, -0.2) is 43.4 Å². The van der Waals surface area contributed by atoms with Gasteiger partial charge in [-0.05, 0) is 36.7 Å². The Labute approximate surface area is 148 Å². The van der Waals surface area contributed by atoms with Gasteiger partial charge in [-0.15, -0.1) is 0 Å². The van der Waals surface area contributed by atoms with Crippen LogP contribution in [0.1, 0.15) is 28.8 Å². The number of nitrogens with zero attached hydrogens (tertiary/aromatic N) is 1. The number of hydrogen-bond acceptors (Lipinski definition) is 6. The standard InChI is InChI=1S/C16H20F3N3O4/c1-20-13-3-2-11(8-10(13)5-7-22(24)25)15(23)26-14-9-12(4-6-21-14)16(17,18)19/h2-3,8,12,14,20-21H,4-7,9H2,1H3. The number of carbonyl (C=O) groups excluding carboxylic acids is 1. The highest BCUT2D eigenvalue weighted by Gasteiger charge is 2.43. The van der Waals surface area contributed by atoms with Gasteiger partial charge in [0.25, 0.3) is 0 Å². The van der Waals surface area contributed by atoms with Gasteiger partial charge in [0.15, 0.2) is 6.23 Å². The van der Waals surface area contributed by atoms with Gasteiger partial charge in [-0.2, -0.15) is 13.2 Å². The highest BCUT2D eigenvalue weighted by Crippen LogP contribution is 2.34. The molecule has 0 saturated carbocycles. The molecule has 7 nitrogen and oxygen atoms in total. The zero-order valence-electron chi connectivity index (χ0n) is 14.1. The Balaban J connectivity index is 2.06. The molecule has 26 heavy (non-hydrogen) atoms. The summed E-state index contributed by atoms with van der Waals surface area (Å²) >= 11 is 0. The van der Waals surface area contributed by atoms with Crippen LogP contribution < -0.4 is 10.6 Å². The van der Waals surface area contributed by atoms with Gasteiger partial charge >= 0.3 is 12.1 Å². The van der Waals surface area contributed by atoms with Gasteiger partial charge in [-0.3, -0.25) is 15.4 Å². The summed E-state index contributed by atoms with van der Waals surface area (Å²) in [6, 6.07) is 4.51. The number of anilines is 1. The zero-order chi connectivity index (χ0) is 19.3. The number of esters is 1. The SMILES string of the molecule is CNc1ccc(C(=O)OC2CC(C(F)(F)F)CCN2)cc1CC[N+](=O)[O-]. The van der Waals surface area contributed by atoms with E-state index in [4.69, 9.17) is 4.74 Å². The van der Waals surface area contributed by atoms with Crippen molar-refractivity contribution in [3.63, 3.8) is 0 Å². The van der Waals surface area contributed by atoms with Crippen LogP contribution in [0.3, 0.4) is 0 Å². The summed E-state index contributed by atoms with van der Waals surface area (Å²) in [6.45, 7) is -0.195. The van der Waals surface area contributed by atoms with Crippen molar-refractivity contribution >= 4 is 11.7 Å². The second-order valence-corrected chi connectivity index (χ2v) is 6.04. The van der Waals surface area contributed by atoms with Gasteiger partial charge in [-0.1, -0.05) is 0 Å². The van der Waals surface area contributed by atoms with Crippen LogP contribution in [0.25, 0.3) is 0 Å². The van der Waals surface area contributed by atoms with Crippen LogP contribution in [-0.2, 0) is 11.2 Å². The minimum atomic E-state index is -4.32. The molecule has 2 rings (SSSR count). The van der Waals surface area contributed by atoms with Crippen LogP contribution in [0, 0.1) is 16.0 Å². The van der Waals surface area contributed by atoms with Crippen molar-refractivity contribution in [1.82, 2.24) is 5.32 Å². The van der Waals surface area contributed by atoms with E-state index in [1.807, 2.05) is 0 Å². The maximum Gasteiger partial charge on any atom is 0.392 e. The topological polar surface area (TPSA) is 93.5 Å². The number of ether oxygens (including phenoxy) is 1. The maximum atomic E-state index is 12.8. The molecule has 10 heteroatoms. The third-order valence-electron chi connectivity index (χ3n) is 4.25. The van der Waals surface area contributed by atoms with E-state index >= 15 is 0 Å². The molecule has 1 fully saturated rings. The van der Waals surface area contributed by atoms with E-state index < -0.39 is 29.2 Å². The molecule has 1 saturated heterocycles. The third-order valence-corrected chi connectivity index (χ3v) is 4.25. The van der Waals surface area contributed by atoms with Gasteiger partial charge in [0.1, 0.15) is 0 Å². The number of nitro groups is 1. The first-order valence-corrected chi connectivity index (χ1v) is 8.14. The molecule has 0 radical (unpaired) electrons. The van der Waals surface area contributed by atoms with E-state index in [0.717, 1.165) is 0 Å². The molecule has 0 amide bonds. The van der Waals surface area contributed by atoms with Crippen molar-refractivity contribution < 1.29 is 27.6 Å². The molecule has 2 atom stereocenters. The van der Waals surface area contributed by atoms with Gasteiger partial charge in [0.2, 0.25) is 6.54 Å². The summed E-state index contributed by atoms with van der Waals surface area (Å²) in [5, 5.41) is 16.2. The molecular weight excluding hydrogens is 355 g/mol. The molecule has 0 spiro atoms. The summed E-state index contributed by atoms with van der Waals surface area (Å²) in [7, 11) is 1.65. The minimum absolute atomic E-state index is 0.0561. The van der Waals surface area contributed by atoms with Crippen molar-refractivity contribution in [2.75, 3.05) is 25.5 Å². The molecule has 1 aromatic carbocycles. The average Bonchev–Trinajstić information content (AvgIpc) is 2.59. The fourth-order valence-corrected chi connectivity index (χ4v) is 2.85. The van der Waals surface area contributed by atoms with Crippen LogP contribution in [0.15, 0.2) is 18.2 Å². The van der Waals surface area contributed by atoms with Gasteiger partial charge in [0.05, 0.1) is 11.5 Å². The van der Waals surface area contributed by atoms with Crippen molar-refractivity contribution in [3.8, 4) is 0 Å². The Morgan fingerprint density at radius 1 is 1.46 bits per heavy atom. The summed E-state index contributed by atoms with van der Waals surface area (Å²) in [5.41, 5.74) is 1.33. The molecule has 0 aliphatic carbocycles. The molecule has 1 aliphatic heterocycles. The Hall–Kier alpha value is -2.36. The molecule has 2 N–H and O–H groups in total. The Morgan fingerprint density at radius 2 is 2.19 bits per heavy atom. The van der Waals surface area contributed by atoms with Crippen molar-refractivity contribution in [1.29, 1.82) is 0 Å². The van der Waals surface area contributed by atoms with E-state index in [2.05, 4.69) is 10.6 Å². The first-order valence-electron chi connectivity index (χ1n) is 8.14. The smallest absolute Gasteiger partial charge is 0.392 e. The van der Waals surface area contributed by atoms with Crippen LogP contribution in [0.4, 0.5) is 18.9 Å². The van der Waals surface area contributed by atoms with Crippen molar-refractivity contribution in [3.05, 3.63) is 39.4 Å². The Kier molecular flexibility index (Phi) is 6.41. The molecule has 144 valence electrons. The normalized spacial score (nSPS) is 20.5. The average molecular weight is 375 g/mol. The molecule has 1 aromatic rings. The van der Waals surface area contributed by atoms with E-state index in [1.54, 1.807) is 13.1 Å². The van der Waals surface area contributed by atoms with E-state index in [-0.39, 0.29) is 37.9 Å². The molecule has 0 bridgehead atoms. The van der Waals surface area contributed by atoms with Gasteiger partial charge in [0, 0.05) is 30.5 Å². The number of nitrogens with one attached hydrogen (secondary N) is 2. The summed E-state index contributed by atoms with van der Waals surface area (Å²) in [6.07, 6.45) is -5.62. The number of carbonyl (C=O) groups is 1. The van der Waals surface area contributed by atoms with Crippen LogP contribution >= 0.6 is 0 Å². The highest BCUT2D eigenvalue weighted by atomic mass is 19.4. The number of halogens is 3. The lowest BCUT2D eigenvalue weighted by atomic mass is 9.96. The second-order valence-electron chi connectivity index (χ2n) is 6.04. The number of hydrogen-bond donors (Lipinski definition) is 2. The summed E-state index contributed by atoms with van der Waals surface area (Å²) in [5.74, 6) is -2.28. The number of piperidine rings is 1.